The van der Waals surface area contributed by atoms with Crippen LogP contribution in [0.2, 0.25) is 0 Å². The number of carboxylic acids is 1. The fourth-order valence-electron chi connectivity index (χ4n) is 2.49. The molecule has 0 saturated carbocycles. The molecule has 118 valence electrons. The van der Waals surface area contributed by atoms with Crippen molar-refractivity contribution in [3.05, 3.63) is 28.8 Å². The van der Waals surface area contributed by atoms with Gasteiger partial charge in [0.05, 0.1) is 16.2 Å². The summed E-state index contributed by atoms with van der Waals surface area (Å²) in [6.45, 7) is 0.702. The van der Waals surface area contributed by atoms with Crippen molar-refractivity contribution in [1.29, 1.82) is 0 Å². The normalized spacial score (nSPS) is 21.0. The average molecular weight is 333 g/mol. The third kappa shape index (κ3) is 2.49. The first-order valence-corrected chi connectivity index (χ1v) is 7.47. The molecule has 8 nitrogen and oxygen atoms in total. The smallest absolute Gasteiger partial charge is 0.432 e. The molecule has 1 fully saturated rings. The molecule has 2 heterocycles. The molecule has 1 N–H and O–H groups in total. The average Bonchev–Trinajstić information content (AvgIpc) is 2.93. The number of nitrogens with zero attached hydrogens (tertiary/aromatic N) is 2. The number of urea groups is 1. The summed E-state index contributed by atoms with van der Waals surface area (Å²) in [5.74, 6) is -3.83. The zero-order valence-electron chi connectivity index (χ0n) is 12.0. The minimum Gasteiger partial charge on any atom is -0.544 e. The molecule has 1 aromatic heterocycles. The van der Waals surface area contributed by atoms with E-state index in [0.717, 1.165) is 10.3 Å². The molecule has 2 aromatic rings. The molecule has 3 rings (SSSR count). The number of aromatic nitrogens is 1. The number of fused-ring (bicyclic) bond motifs is 1. The molecular weight excluding hydrogens is 322 g/mol. The van der Waals surface area contributed by atoms with Crippen LogP contribution in [0.5, 0.6) is 0 Å². The van der Waals surface area contributed by atoms with E-state index in [9.17, 15) is 24.3 Å². The molecule has 1 unspecified atom stereocenters. The number of carbonyl (C=O) groups excluding carboxylic acids is 4. The van der Waals surface area contributed by atoms with E-state index in [2.05, 4.69) is 4.98 Å². The Kier molecular flexibility index (Phi) is 3.46. The monoisotopic (exact) mass is 333 g/mol. The third-order valence-corrected chi connectivity index (χ3v) is 4.59. The van der Waals surface area contributed by atoms with Crippen LogP contribution in [0.3, 0.4) is 0 Å². The van der Waals surface area contributed by atoms with Crippen LogP contribution in [0.15, 0.2) is 18.2 Å². The van der Waals surface area contributed by atoms with Gasteiger partial charge in [-0.2, -0.15) is 4.48 Å². The van der Waals surface area contributed by atoms with Crippen molar-refractivity contribution < 1.29 is 28.8 Å². The van der Waals surface area contributed by atoms with Crippen molar-refractivity contribution >= 4 is 45.4 Å². The number of hydrogen-bond donors (Lipinski definition) is 1. The first-order valence-electron chi connectivity index (χ1n) is 6.65. The van der Waals surface area contributed by atoms with E-state index < -0.39 is 34.8 Å². The fraction of sp³-hybridized carbons (Fsp3) is 0.214. The first kappa shape index (κ1) is 15.3. The summed E-state index contributed by atoms with van der Waals surface area (Å²) < 4.78 is -0.329. The maximum Gasteiger partial charge on any atom is 0.432 e. The minimum absolute atomic E-state index is 0.303. The van der Waals surface area contributed by atoms with Gasteiger partial charge in [-0.3, -0.25) is 4.79 Å². The second-order valence-corrected chi connectivity index (χ2v) is 6.41. The van der Waals surface area contributed by atoms with Gasteiger partial charge in [0.1, 0.15) is 18.1 Å². The van der Waals surface area contributed by atoms with Crippen molar-refractivity contribution in [3.8, 4) is 0 Å². The highest BCUT2D eigenvalue weighted by Gasteiger charge is 2.56. The van der Waals surface area contributed by atoms with Crippen LogP contribution in [0.4, 0.5) is 4.79 Å². The number of carboxylic acid groups (broad SMARTS) is 1. The lowest BCUT2D eigenvalue weighted by atomic mass is 10.2. The van der Waals surface area contributed by atoms with E-state index in [4.69, 9.17) is 0 Å². The minimum atomic E-state index is -1.60. The molecule has 1 aliphatic heterocycles. The Morgan fingerprint density at radius 1 is 1.35 bits per heavy atom. The highest BCUT2D eigenvalue weighted by atomic mass is 32.1. The lowest BCUT2D eigenvalue weighted by Gasteiger charge is -2.25. The SMILES string of the molecule is Cc1ccc2nc(C[N+]3(CC(=O)[O-])C(=O)NC(=O)C3=O)sc2c1. The summed E-state index contributed by atoms with van der Waals surface area (Å²) in [4.78, 5) is 50.9. The summed E-state index contributed by atoms with van der Waals surface area (Å²) in [5, 5.41) is 13.2. The number of thiazole rings is 1. The van der Waals surface area contributed by atoms with E-state index in [-0.39, 0.29) is 6.54 Å². The van der Waals surface area contributed by atoms with Crippen molar-refractivity contribution in [3.63, 3.8) is 0 Å². The molecule has 1 aliphatic rings. The number of nitrogens with one attached hydrogen (secondary N) is 1. The number of quaternary nitrogens is 1. The van der Waals surface area contributed by atoms with Crippen LogP contribution in [0, 0.1) is 6.92 Å². The quantitative estimate of drug-likeness (QED) is 0.456. The van der Waals surface area contributed by atoms with Gasteiger partial charge in [-0.25, -0.2) is 19.9 Å². The first-order chi connectivity index (χ1) is 10.8. The maximum absolute atomic E-state index is 12.1. The van der Waals surface area contributed by atoms with Crippen LogP contribution >= 0.6 is 11.3 Å². The van der Waals surface area contributed by atoms with Crippen molar-refractivity contribution in [2.24, 2.45) is 0 Å². The largest absolute Gasteiger partial charge is 0.544 e. The van der Waals surface area contributed by atoms with Gasteiger partial charge in [0, 0.05) is 0 Å². The predicted octanol–water partition coefficient (Wildman–Crippen LogP) is -0.552. The number of benzene rings is 1. The summed E-state index contributed by atoms with van der Waals surface area (Å²) in [5.41, 5.74) is 1.71. The summed E-state index contributed by atoms with van der Waals surface area (Å²) in [7, 11) is 0. The van der Waals surface area contributed by atoms with Crippen LogP contribution < -0.4 is 10.4 Å². The number of hydrogen-bond acceptors (Lipinski definition) is 7. The lowest BCUT2D eigenvalue weighted by Crippen LogP contribution is -2.57. The molecule has 23 heavy (non-hydrogen) atoms. The molecule has 1 atom stereocenters. The predicted molar refractivity (Wildman–Crippen MR) is 76.7 cm³/mol. The van der Waals surface area contributed by atoms with Gasteiger partial charge in [0.25, 0.3) is 0 Å². The van der Waals surface area contributed by atoms with Crippen LogP contribution in [0.25, 0.3) is 10.2 Å². The van der Waals surface area contributed by atoms with Crippen LogP contribution in [-0.4, -0.2) is 39.8 Å². The molecule has 1 aromatic carbocycles. The summed E-state index contributed by atoms with van der Waals surface area (Å²) in [6, 6.07) is 4.59. The Balaban J connectivity index is 2.04. The van der Waals surface area contributed by atoms with Gasteiger partial charge in [-0.05, 0) is 24.6 Å². The molecule has 0 aliphatic carbocycles. The number of aryl methyl sites for hydroxylation is 1. The lowest BCUT2D eigenvalue weighted by molar-refractivity contribution is -0.775. The molecule has 0 spiro atoms. The van der Waals surface area contributed by atoms with Gasteiger partial charge < -0.3 is 9.90 Å². The maximum atomic E-state index is 12.1. The summed E-state index contributed by atoms with van der Waals surface area (Å²) in [6.07, 6.45) is 0. The number of rotatable bonds is 4. The molecule has 0 bridgehead atoms. The van der Waals surface area contributed by atoms with Crippen LogP contribution in [-0.2, 0) is 20.9 Å². The van der Waals surface area contributed by atoms with Gasteiger partial charge >= 0.3 is 17.8 Å². The van der Waals surface area contributed by atoms with Crippen molar-refractivity contribution in [2.75, 3.05) is 6.54 Å². The van der Waals surface area contributed by atoms with E-state index in [1.807, 2.05) is 24.4 Å². The van der Waals surface area contributed by atoms with Crippen molar-refractivity contribution in [2.45, 2.75) is 13.5 Å². The zero-order chi connectivity index (χ0) is 16.8. The highest BCUT2D eigenvalue weighted by Crippen LogP contribution is 2.27. The van der Waals surface area contributed by atoms with Gasteiger partial charge in [0.15, 0.2) is 0 Å². The topological polar surface area (TPSA) is 116 Å². The molecule has 0 radical (unpaired) electrons. The second-order valence-electron chi connectivity index (χ2n) is 5.30. The number of amides is 4. The van der Waals surface area contributed by atoms with Gasteiger partial charge in [0.2, 0.25) is 0 Å². The molecule has 1 saturated heterocycles. The number of imide groups is 2. The van der Waals surface area contributed by atoms with E-state index >= 15 is 0 Å². The van der Waals surface area contributed by atoms with E-state index in [0.29, 0.717) is 10.5 Å². The fourth-order valence-corrected chi connectivity index (χ4v) is 3.63. The second kappa shape index (κ2) is 5.21. The third-order valence-electron chi connectivity index (χ3n) is 3.58. The van der Waals surface area contributed by atoms with Gasteiger partial charge in [-0.1, -0.05) is 6.07 Å². The van der Waals surface area contributed by atoms with E-state index in [1.165, 1.54) is 11.3 Å². The highest BCUT2D eigenvalue weighted by molar-refractivity contribution is 7.18. The Morgan fingerprint density at radius 3 is 2.70 bits per heavy atom. The molecule has 9 heteroatoms. The van der Waals surface area contributed by atoms with E-state index in [1.54, 1.807) is 6.07 Å². The number of aliphatic carboxylic acids is 1. The Hall–Kier alpha value is -2.65. The summed E-state index contributed by atoms with van der Waals surface area (Å²) >= 11 is 1.25. The van der Waals surface area contributed by atoms with Gasteiger partial charge in [-0.15, -0.1) is 11.3 Å². The zero-order valence-corrected chi connectivity index (χ0v) is 12.8. The number of carbonyl (C=O) groups is 4. The Labute approximate surface area is 133 Å². The van der Waals surface area contributed by atoms with Crippen LogP contribution in [0.1, 0.15) is 10.6 Å². The molecule has 4 amide bonds. The Morgan fingerprint density at radius 2 is 2.09 bits per heavy atom. The van der Waals surface area contributed by atoms with Crippen molar-refractivity contribution in [1.82, 2.24) is 10.3 Å². The standard InChI is InChI=1S/C14H11N3O5S/c1-7-2-3-8-9(4-7)23-10(15-8)5-17(6-11(18)19)13(21)12(20)16-14(17)22/h2-4H,5-6H2,1H3,(H-,16,18,19,20,22). The Bertz CT molecular complexity index is 874. The molecular formula is C14H11N3O5S.